The largest absolute Gasteiger partial charge is 0.480 e. The Balaban J connectivity index is 2.21. The molecule has 0 aromatic heterocycles. The molecule has 1 aromatic rings. The molecule has 0 spiro atoms. The van der Waals surface area contributed by atoms with Gasteiger partial charge in [0.25, 0.3) is 16.0 Å². The Morgan fingerprint density at radius 3 is 2.48 bits per heavy atom. The minimum Gasteiger partial charge on any atom is -0.480 e. The molecule has 0 bridgehead atoms. The lowest BCUT2D eigenvalue weighted by Gasteiger charge is -2.20. The quantitative estimate of drug-likeness (QED) is 0.451. The first-order valence-corrected chi connectivity index (χ1v) is 10.7. The van der Waals surface area contributed by atoms with Gasteiger partial charge in [-0.2, -0.15) is 13.0 Å². The van der Waals surface area contributed by atoms with Crippen molar-refractivity contribution < 1.29 is 37.0 Å². The number of nitrogens with zero attached hydrogens (tertiary/aromatic N) is 2. The van der Waals surface area contributed by atoms with E-state index >= 15 is 0 Å². The Bertz CT molecular complexity index is 951. The molecule has 0 saturated heterocycles. The fourth-order valence-corrected chi connectivity index (χ4v) is 3.84. The van der Waals surface area contributed by atoms with Crippen LogP contribution in [0.25, 0.3) is 0 Å². The molecule has 0 saturated carbocycles. The summed E-state index contributed by atoms with van der Waals surface area (Å²) in [7, 11) is -2.41. The van der Waals surface area contributed by atoms with Crippen molar-refractivity contribution in [3.63, 3.8) is 0 Å². The van der Waals surface area contributed by atoms with Gasteiger partial charge in [0, 0.05) is 37.7 Å². The van der Waals surface area contributed by atoms with E-state index in [4.69, 9.17) is 14.4 Å². The van der Waals surface area contributed by atoms with Crippen LogP contribution >= 0.6 is 0 Å². The van der Waals surface area contributed by atoms with Crippen LogP contribution < -0.4 is 4.90 Å². The average Bonchev–Trinajstić information content (AvgIpc) is 2.80. The second-order valence-electron chi connectivity index (χ2n) is 7.54. The van der Waals surface area contributed by atoms with Crippen LogP contribution in [-0.4, -0.2) is 72.8 Å². The zero-order chi connectivity index (χ0) is 22.0. The van der Waals surface area contributed by atoms with Gasteiger partial charge in [0.15, 0.2) is 5.71 Å². The van der Waals surface area contributed by atoms with Gasteiger partial charge in [0.2, 0.25) is 5.69 Å². The Morgan fingerprint density at radius 1 is 1.24 bits per heavy atom. The maximum absolute atomic E-state index is 12.3. The third-order valence-corrected chi connectivity index (χ3v) is 6.05. The predicted molar refractivity (Wildman–Crippen MR) is 108 cm³/mol. The highest BCUT2D eigenvalue weighted by Gasteiger charge is 2.43. The maximum atomic E-state index is 12.3. The summed E-state index contributed by atoms with van der Waals surface area (Å²) >= 11 is 0. The monoisotopic (exact) mass is 427 g/mol. The minimum absolute atomic E-state index is 0.284. The molecule has 29 heavy (non-hydrogen) atoms. The Labute approximate surface area is 170 Å². The molecule has 0 aliphatic carbocycles. The number of anilines is 1. The number of benzene rings is 1. The zero-order valence-electron chi connectivity index (χ0n) is 17.0. The number of ether oxygens (including phenoxy) is 1. The molecular weight excluding hydrogens is 400 g/mol. The lowest BCUT2D eigenvalue weighted by molar-refractivity contribution is -0.438. The fourth-order valence-electron chi connectivity index (χ4n) is 3.34. The van der Waals surface area contributed by atoms with Crippen molar-refractivity contribution in [2.45, 2.75) is 32.6 Å². The molecule has 1 aromatic carbocycles. The van der Waals surface area contributed by atoms with E-state index in [0.29, 0.717) is 12.2 Å². The van der Waals surface area contributed by atoms with Crippen LogP contribution in [0.5, 0.6) is 0 Å². The lowest BCUT2D eigenvalue weighted by Crippen LogP contribution is -2.31. The number of rotatable bonds is 9. The summed E-state index contributed by atoms with van der Waals surface area (Å²) in [4.78, 5) is 24.2. The third kappa shape index (κ3) is 5.40. The van der Waals surface area contributed by atoms with Gasteiger partial charge in [0.1, 0.15) is 19.8 Å². The van der Waals surface area contributed by atoms with E-state index in [1.165, 1.54) is 4.90 Å². The smallest absolute Gasteiger partial charge is 0.329 e. The summed E-state index contributed by atoms with van der Waals surface area (Å²) in [6.45, 7) is 5.64. The van der Waals surface area contributed by atoms with Crippen molar-refractivity contribution in [1.29, 1.82) is 0 Å². The van der Waals surface area contributed by atoms with E-state index in [-0.39, 0.29) is 30.1 Å². The minimum atomic E-state index is -4.01. The van der Waals surface area contributed by atoms with E-state index in [2.05, 4.69) is 0 Å². The number of carbonyl (C=O) groups excluding carboxylic acids is 1. The van der Waals surface area contributed by atoms with Crippen molar-refractivity contribution in [3.8, 4) is 0 Å². The van der Waals surface area contributed by atoms with Crippen molar-refractivity contribution in [3.05, 3.63) is 23.8 Å². The number of amides is 1. The number of hydrogen-bond acceptors (Lipinski definition) is 5. The first kappa shape index (κ1) is 23.0. The second-order valence-corrected chi connectivity index (χ2v) is 9.11. The molecule has 0 atom stereocenters. The van der Waals surface area contributed by atoms with Crippen LogP contribution in [0.2, 0.25) is 0 Å². The van der Waals surface area contributed by atoms with E-state index in [1.54, 1.807) is 13.1 Å². The van der Waals surface area contributed by atoms with Gasteiger partial charge in [-0.15, -0.1) is 0 Å². The molecule has 1 aliphatic rings. The summed E-state index contributed by atoms with van der Waals surface area (Å²) in [5, 5.41) is 8.60. The Morgan fingerprint density at radius 2 is 1.90 bits per heavy atom. The number of hydrogen-bond donors (Lipinski definition) is 2. The number of likely N-dealkylation sites (N-methyl/N-ethyl adjacent to an activating group) is 1. The first-order chi connectivity index (χ1) is 13.3. The summed E-state index contributed by atoms with van der Waals surface area (Å²) in [6.07, 6.45) is 0.284. The fraction of sp³-hybridized carbons (Fsp3) is 0.526. The molecule has 160 valence electrons. The highest BCUT2D eigenvalue weighted by atomic mass is 32.2. The van der Waals surface area contributed by atoms with Gasteiger partial charge in [-0.25, -0.2) is 4.79 Å². The van der Waals surface area contributed by atoms with Gasteiger partial charge in [-0.3, -0.25) is 9.35 Å². The van der Waals surface area contributed by atoms with Crippen molar-refractivity contribution in [1.82, 2.24) is 0 Å². The SMILES string of the molecule is CC1=[N+](CCCS(=O)(=O)O)c2ccc(N(C)C(=O)COCC(=O)O)cc2C1(C)C. The molecule has 1 heterocycles. The van der Waals surface area contributed by atoms with Gasteiger partial charge < -0.3 is 14.7 Å². The van der Waals surface area contributed by atoms with Crippen molar-refractivity contribution in [2.75, 3.05) is 37.5 Å². The molecular formula is C19H27N2O7S+. The lowest BCUT2D eigenvalue weighted by atomic mass is 9.82. The molecule has 0 radical (unpaired) electrons. The van der Waals surface area contributed by atoms with E-state index in [1.807, 2.05) is 37.5 Å². The molecule has 9 nitrogen and oxygen atoms in total. The molecule has 10 heteroatoms. The Hall–Kier alpha value is -2.30. The molecule has 2 rings (SSSR count). The van der Waals surface area contributed by atoms with Crippen molar-refractivity contribution >= 4 is 39.1 Å². The third-order valence-electron chi connectivity index (χ3n) is 5.25. The number of carboxylic acids is 1. The normalized spacial score (nSPS) is 15.3. The number of carboxylic acid groups (broad SMARTS) is 1. The zero-order valence-corrected chi connectivity index (χ0v) is 17.8. The van der Waals surface area contributed by atoms with E-state index in [0.717, 1.165) is 17.0 Å². The van der Waals surface area contributed by atoms with Crippen molar-refractivity contribution in [2.24, 2.45) is 0 Å². The van der Waals surface area contributed by atoms with E-state index < -0.39 is 22.7 Å². The first-order valence-electron chi connectivity index (χ1n) is 9.12. The number of carbonyl (C=O) groups is 2. The van der Waals surface area contributed by atoms with Crippen LogP contribution in [0, 0.1) is 0 Å². The summed E-state index contributed by atoms with van der Waals surface area (Å²) in [5.41, 5.74) is 3.28. The van der Waals surface area contributed by atoms with Crippen LogP contribution in [-0.2, 0) is 29.9 Å². The molecule has 1 aliphatic heterocycles. The van der Waals surface area contributed by atoms with E-state index in [9.17, 15) is 18.0 Å². The standard InChI is InChI=1S/C19H26N2O7S/c1-13-19(2,3)15-10-14(20(4)17(22)11-28-12-18(23)24)6-7-16(15)21(13)8-5-9-29(25,26)27/h6-7,10H,5,8-9,11-12H2,1-4H3,(H-,23,24,25,26,27)/p+1. The number of fused-ring (bicyclic) bond motifs is 1. The molecule has 0 fully saturated rings. The Kier molecular flexibility index (Phi) is 6.82. The van der Waals surface area contributed by atoms with Gasteiger partial charge in [-0.1, -0.05) is 0 Å². The second kappa shape index (κ2) is 8.60. The van der Waals surface area contributed by atoms with Crippen LogP contribution in [0.3, 0.4) is 0 Å². The highest BCUT2D eigenvalue weighted by molar-refractivity contribution is 7.85. The maximum Gasteiger partial charge on any atom is 0.329 e. The molecule has 2 N–H and O–H groups in total. The summed E-state index contributed by atoms with van der Waals surface area (Å²) in [6, 6.07) is 5.55. The van der Waals surface area contributed by atoms with Gasteiger partial charge >= 0.3 is 5.97 Å². The topological polar surface area (TPSA) is 124 Å². The predicted octanol–water partition coefficient (Wildman–Crippen LogP) is 1.42. The van der Waals surface area contributed by atoms with Crippen LogP contribution in [0.1, 0.15) is 32.8 Å². The summed E-state index contributed by atoms with van der Waals surface area (Å²) < 4.78 is 37.9. The number of aliphatic carboxylic acids is 1. The van der Waals surface area contributed by atoms with Gasteiger partial charge in [-0.05, 0) is 26.0 Å². The molecule has 1 amide bonds. The summed E-state index contributed by atoms with van der Waals surface area (Å²) in [5.74, 6) is -1.81. The van der Waals surface area contributed by atoms with Crippen LogP contribution in [0.4, 0.5) is 11.4 Å². The van der Waals surface area contributed by atoms with Gasteiger partial charge in [0.05, 0.1) is 11.2 Å². The molecule has 0 unspecified atom stereocenters. The average molecular weight is 427 g/mol. The van der Waals surface area contributed by atoms with Crippen LogP contribution in [0.15, 0.2) is 18.2 Å². The highest BCUT2D eigenvalue weighted by Crippen LogP contribution is 2.41.